The fourth-order valence-corrected chi connectivity index (χ4v) is 3.67. The minimum absolute atomic E-state index is 0.210. The van der Waals surface area contributed by atoms with Crippen molar-refractivity contribution in [2.45, 2.75) is 44.9 Å². The van der Waals surface area contributed by atoms with Crippen LogP contribution < -0.4 is 0 Å². The maximum atomic E-state index is 12.6. The Kier molecular flexibility index (Phi) is 7.55. The van der Waals surface area contributed by atoms with Crippen LogP contribution >= 0.6 is 0 Å². The SMILES string of the molecule is CCCOC(=O)c1ccc(S(=O)(=O)N(CCC)CCC)cc1. The zero-order valence-electron chi connectivity index (χ0n) is 13.5. The smallest absolute Gasteiger partial charge is 0.338 e. The number of carbonyl (C=O) groups excluding carboxylic acids is 1. The van der Waals surface area contributed by atoms with Gasteiger partial charge in [0, 0.05) is 13.1 Å². The average molecular weight is 327 g/mol. The van der Waals surface area contributed by atoms with E-state index in [-0.39, 0.29) is 4.90 Å². The molecule has 0 amide bonds. The number of hydrogen-bond donors (Lipinski definition) is 0. The van der Waals surface area contributed by atoms with Crippen molar-refractivity contribution in [1.29, 1.82) is 0 Å². The Morgan fingerprint density at radius 1 is 1.00 bits per heavy atom. The summed E-state index contributed by atoms with van der Waals surface area (Å²) in [5.41, 5.74) is 0.366. The Balaban J connectivity index is 2.94. The summed E-state index contributed by atoms with van der Waals surface area (Å²) >= 11 is 0. The van der Waals surface area contributed by atoms with Crippen LogP contribution in [0.4, 0.5) is 0 Å². The van der Waals surface area contributed by atoms with Crippen LogP contribution in [-0.4, -0.2) is 38.4 Å². The molecule has 0 radical (unpaired) electrons. The molecule has 0 bridgehead atoms. The van der Waals surface area contributed by atoms with Crippen LogP contribution in [0.1, 0.15) is 50.4 Å². The van der Waals surface area contributed by atoms with Gasteiger partial charge in [0.2, 0.25) is 10.0 Å². The summed E-state index contributed by atoms with van der Waals surface area (Å²) in [5, 5.41) is 0. The fraction of sp³-hybridized carbons (Fsp3) is 0.562. The molecule has 22 heavy (non-hydrogen) atoms. The van der Waals surface area contributed by atoms with E-state index < -0.39 is 16.0 Å². The molecule has 0 aliphatic rings. The standard InChI is InChI=1S/C16H25NO4S/c1-4-11-17(12-5-2)22(19,20)15-9-7-14(8-10-15)16(18)21-13-6-3/h7-10H,4-6,11-13H2,1-3H3. The molecule has 1 aromatic rings. The van der Waals surface area contributed by atoms with E-state index in [0.29, 0.717) is 25.3 Å². The lowest BCUT2D eigenvalue weighted by atomic mass is 10.2. The van der Waals surface area contributed by atoms with Crippen molar-refractivity contribution in [3.63, 3.8) is 0 Å². The van der Waals surface area contributed by atoms with E-state index in [1.165, 1.54) is 28.6 Å². The minimum Gasteiger partial charge on any atom is -0.462 e. The van der Waals surface area contributed by atoms with Crippen LogP contribution in [0.15, 0.2) is 29.2 Å². The second-order valence-electron chi connectivity index (χ2n) is 5.06. The van der Waals surface area contributed by atoms with Gasteiger partial charge in [0.25, 0.3) is 0 Å². The molecule has 0 heterocycles. The van der Waals surface area contributed by atoms with Crippen molar-refractivity contribution in [2.24, 2.45) is 0 Å². The number of hydrogen-bond acceptors (Lipinski definition) is 4. The lowest BCUT2D eigenvalue weighted by Crippen LogP contribution is -2.32. The molecule has 0 unspecified atom stereocenters. The van der Waals surface area contributed by atoms with Crippen molar-refractivity contribution in [3.05, 3.63) is 29.8 Å². The average Bonchev–Trinajstić information content (AvgIpc) is 2.52. The number of benzene rings is 1. The largest absolute Gasteiger partial charge is 0.462 e. The lowest BCUT2D eigenvalue weighted by Gasteiger charge is -2.21. The quantitative estimate of drug-likeness (QED) is 0.654. The third-order valence-electron chi connectivity index (χ3n) is 3.11. The van der Waals surface area contributed by atoms with Gasteiger partial charge in [-0.25, -0.2) is 13.2 Å². The molecule has 5 nitrogen and oxygen atoms in total. The molecule has 124 valence electrons. The Bertz CT molecular complexity index is 560. The highest BCUT2D eigenvalue weighted by Gasteiger charge is 2.23. The van der Waals surface area contributed by atoms with E-state index in [1.54, 1.807) is 0 Å². The topological polar surface area (TPSA) is 63.7 Å². The molecule has 0 aliphatic heterocycles. The van der Waals surface area contributed by atoms with Gasteiger partial charge in [0.05, 0.1) is 17.1 Å². The maximum Gasteiger partial charge on any atom is 0.338 e. The van der Waals surface area contributed by atoms with Gasteiger partial charge < -0.3 is 4.74 Å². The summed E-state index contributed by atoms with van der Waals surface area (Å²) in [6.07, 6.45) is 2.28. The molecule has 0 aliphatic carbocycles. The monoisotopic (exact) mass is 327 g/mol. The van der Waals surface area contributed by atoms with E-state index in [0.717, 1.165) is 19.3 Å². The first kappa shape index (κ1) is 18.6. The number of ether oxygens (including phenoxy) is 1. The zero-order chi connectivity index (χ0) is 16.6. The van der Waals surface area contributed by atoms with Crippen molar-refractivity contribution >= 4 is 16.0 Å². The molecule has 0 saturated carbocycles. The van der Waals surface area contributed by atoms with E-state index in [9.17, 15) is 13.2 Å². The Hall–Kier alpha value is -1.40. The summed E-state index contributed by atoms with van der Waals surface area (Å²) in [7, 11) is -3.50. The van der Waals surface area contributed by atoms with Gasteiger partial charge in [0.1, 0.15) is 0 Å². The second kappa shape index (κ2) is 8.90. The Morgan fingerprint density at radius 2 is 1.55 bits per heavy atom. The van der Waals surface area contributed by atoms with Gasteiger partial charge in [-0.3, -0.25) is 0 Å². The fourth-order valence-electron chi connectivity index (χ4n) is 2.04. The minimum atomic E-state index is -3.50. The normalized spacial score (nSPS) is 11.6. The number of rotatable bonds is 9. The second-order valence-corrected chi connectivity index (χ2v) is 7.00. The molecule has 0 atom stereocenters. The third-order valence-corrected chi connectivity index (χ3v) is 5.02. The van der Waals surface area contributed by atoms with Crippen LogP contribution in [0.5, 0.6) is 0 Å². The summed E-state index contributed by atoms with van der Waals surface area (Å²) < 4.78 is 31.7. The molecule has 0 aromatic heterocycles. The highest BCUT2D eigenvalue weighted by Crippen LogP contribution is 2.17. The molecule has 0 saturated heterocycles. The van der Waals surface area contributed by atoms with Gasteiger partial charge >= 0.3 is 5.97 Å². The predicted octanol–water partition coefficient (Wildman–Crippen LogP) is 3.06. The van der Waals surface area contributed by atoms with Crippen LogP contribution in [0.3, 0.4) is 0 Å². The Labute approximate surface area is 133 Å². The maximum absolute atomic E-state index is 12.6. The first-order valence-electron chi connectivity index (χ1n) is 7.74. The molecule has 1 aromatic carbocycles. The van der Waals surface area contributed by atoms with Gasteiger partial charge in [-0.15, -0.1) is 0 Å². The highest BCUT2D eigenvalue weighted by atomic mass is 32.2. The number of sulfonamides is 1. The first-order valence-corrected chi connectivity index (χ1v) is 9.18. The lowest BCUT2D eigenvalue weighted by molar-refractivity contribution is 0.0505. The van der Waals surface area contributed by atoms with Crippen molar-refractivity contribution in [3.8, 4) is 0 Å². The molecule has 6 heteroatoms. The first-order chi connectivity index (χ1) is 10.5. The van der Waals surface area contributed by atoms with Crippen LogP contribution in [-0.2, 0) is 14.8 Å². The van der Waals surface area contributed by atoms with Crippen LogP contribution in [0.2, 0.25) is 0 Å². The molecular formula is C16H25NO4S. The number of nitrogens with zero attached hydrogens (tertiary/aromatic N) is 1. The number of carbonyl (C=O) groups is 1. The highest BCUT2D eigenvalue weighted by molar-refractivity contribution is 7.89. The number of esters is 1. The Morgan fingerprint density at radius 3 is 2.00 bits per heavy atom. The van der Waals surface area contributed by atoms with Crippen LogP contribution in [0, 0.1) is 0 Å². The molecule has 1 rings (SSSR count). The summed E-state index contributed by atoms with van der Waals surface area (Å²) in [6.45, 7) is 7.17. The van der Waals surface area contributed by atoms with E-state index in [2.05, 4.69) is 0 Å². The summed E-state index contributed by atoms with van der Waals surface area (Å²) in [5.74, 6) is -0.426. The van der Waals surface area contributed by atoms with E-state index in [1.807, 2.05) is 20.8 Å². The van der Waals surface area contributed by atoms with Crippen molar-refractivity contribution in [2.75, 3.05) is 19.7 Å². The zero-order valence-corrected chi connectivity index (χ0v) is 14.4. The summed E-state index contributed by atoms with van der Waals surface area (Å²) in [6, 6.07) is 5.94. The summed E-state index contributed by atoms with van der Waals surface area (Å²) in [4.78, 5) is 11.9. The van der Waals surface area contributed by atoms with E-state index in [4.69, 9.17) is 4.74 Å². The third kappa shape index (κ3) is 4.81. The van der Waals surface area contributed by atoms with Gasteiger partial charge in [-0.2, -0.15) is 4.31 Å². The van der Waals surface area contributed by atoms with Gasteiger partial charge in [-0.05, 0) is 43.5 Å². The molecule has 0 fully saturated rings. The molecule has 0 spiro atoms. The van der Waals surface area contributed by atoms with Crippen molar-refractivity contribution < 1.29 is 17.9 Å². The predicted molar refractivity (Wildman–Crippen MR) is 86.4 cm³/mol. The molecular weight excluding hydrogens is 302 g/mol. The van der Waals surface area contributed by atoms with Crippen molar-refractivity contribution in [1.82, 2.24) is 4.31 Å². The van der Waals surface area contributed by atoms with Gasteiger partial charge in [0.15, 0.2) is 0 Å². The van der Waals surface area contributed by atoms with Crippen LogP contribution in [0.25, 0.3) is 0 Å². The molecule has 0 N–H and O–H groups in total. The van der Waals surface area contributed by atoms with E-state index >= 15 is 0 Å². The van der Waals surface area contributed by atoms with Gasteiger partial charge in [-0.1, -0.05) is 20.8 Å².